The summed E-state index contributed by atoms with van der Waals surface area (Å²) in [6.07, 6.45) is 0.732. The van der Waals surface area contributed by atoms with Crippen LogP contribution in [0.4, 0.5) is 0 Å². The summed E-state index contributed by atoms with van der Waals surface area (Å²) in [5.74, 6) is 0.857. The molecule has 1 aliphatic heterocycles. The second-order valence-corrected chi connectivity index (χ2v) is 3.56. The van der Waals surface area contributed by atoms with E-state index in [0.717, 1.165) is 23.5 Å². The van der Waals surface area contributed by atoms with Crippen LogP contribution in [0.25, 0.3) is 0 Å². The molecule has 0 atom stereocenters. The van der Waals surface area contributed by atoms with Crippen LogP contribution in [0.2, 0.25) is 0 Å². The van der Waals surface area contributed by atoms with Gasteiger partial charge in [-0.05, 0) is 13.8 Å². The van der Waals surface area contributed by atoms with Crippen molar-refractivity contribution in [2.75, 3.05) is 13.2 Å². The third-order valence-electron chi connectivity index (χ3n) is 2.65. The molecule has 2 rings (SSSR count). The van der Waals surface area contributed by atoms with Crippen LogP contribution in [-0.4, -0.2) is 22.8 Å². The Morgan fingerprint density at radius 1 is 1.36 bits per heavy atom. The molecule has 76 valence electrons. The highest BCUT2D eigenvalue weighted by molar-refractivity contribution is 5.15. The smallest absolute Gasteiger partial charge is 0.256 e. The first-order valence-corrected chi connectivity index (χ1v) is 4.85. The Balaban J connectivity index is 2.61. The zero-order valence-corrected chi connectivity index (χ0v) is 8.54. The molecule has 0 radical (unpaired) electrons. The van der Waals surface area contributed by atoms with Crippen LogP contribution >= 0.6 is 0 Å². The lowest BCUT2D eigenvalue weighted by atomic mass is 10.2. The number of aryl methyl sites for hydroxylation is 1. The standard InChI is InChI=1S/C10H14N2O2/c1-7-8(2)11-9-3-5-14-6-4-12(9)10(7)13/h3-6H2,1-2H3. The molecule has 2 heterocycles. The van der Waals surface area contributed by atoms with Gasteiger partial charge in [0.15, 0.2) is 0 Å². The Labute approximate surface area is 82.5 Å². The van der Waals surface area contributed by atoms with E-state index in [4.69, 9.17) is 4.74 Å². The van der Waals surface area contributed by atoms with Gasteiger partial charge in [0.1, 0.15) is 5.82 Å². The van der Waals surface area contributed by atoms with Gasteiger partial charge >= 0.3 is 0 Å². The maximum absolute atomic E-state index is 11.9. The normalized spacial score (nSPS) is 16.1. The number of rotatable bonds is 0. The molecule has 4 nitrogen and oxygen atoms in total. The van der Waals surface area contributed by atoms with Gasteiger partial charge in [-0.3, -0.25) is 9.36 Å². The van der Waals surface area contributed by atoms with Crippen LogP contribution in [0.15, 0.2) is 4.79 Å². The van der Waals surface area contributed by atoms with Crippen LogP contribution in [0, 0.1) is 13.8 Å². The van der Waals surface area contributed by atoms with E-state index in [1.807, 2.05) is 13.8 Å². The molecule has 0 aliphatic carbocycles. The van der Waals surface area contributed by atoms with Crippen molar-refractivity contribution in [1.82, 2.24) is 9.55 Å². The summed E-state index contributed by atoms with van der Waals surface area (Å²) >= 11 is 0. The van der Waals surface area contributed by atoms with Crippen molar-refractivity contribution in [1.29, 1.82) is 0 Å². The highest BCUT2D eigenvalue weighted by Gasteiger charge is 2.13. The average Bonchev–Trinajstić information content (AvgIpc) is 2.39. The average molecular weight is 194 g/mol. The van der Waals surface area contributed by atoms with Gasteiger partial charge in [0.05, 0.1) is 19.8 Å². The molecule has 0 unspecified atom stereocenters. The van der Waals surface area contributed by atoms with Gasteiger partial charge < -0.3 is 4.74 Å². The first kappa shape index (κ1) is 9.40. The van der Waals surface area contributed by atoms with Gasteiger partial charge in [0.2, 0.25) is 0 Å². The molecule has 0 fully saturated rings. The number of hydrogen-bond donors (Lipinski definition) is 0. The fraction of sp³-hybridized carbons (Fsp3) is 0.600. The van der Waals surface area contributed by atoms with Crippen molar-refractivity contribution in [3.8, 4) is 0 Å². The largest absolute Gasteiger partial charge is 0.379 e. The Morgan fingerprint density at radius 2 is 2.14 bits per heavy atom. The lowest BCUT2D eigenvalue weighted by Gasteiger charge is -2.09. The topological polar surface area (TPSA) is 44.1 Å². The molecule has 0 amide bonds. The SMILES string of the molecule is Cc1nc2n(c(=O)c1C)CCOCC2. The minimum Gasteiger partial charge on any atom is -0.379 e. The highest BCUT2D eigenvalue weighted by atomic mass is 16.5. The van der Waals surface area contributed by atoms with Crippen molar-refractivity contribution >= 4 is 0 Å². The molecule has 14 heavy (non-hydrogen) atoms. The van der Waals surface area contributed by atoms with Crippen molar-refractivity contribution < 1.29 is 4.74 Å². The van der Waals surface area contributed by atoms with Crippen molar-refractivity contribution in [2.45, 2.75) is 26.8 Å². The lowest BCUT2D eigenvalue weighted by Crippen LogP contribution is -2.28. The molecule has 0 spiro atoms. The summed E-state index contributed by atoms with van der Waals surface area (Å²) in [7, 11) is 0. The summed E-state index contributed by atoms with van der Waals surface area (Å²) in [6.45, 7) is 5.60. The molecule has 0 saturated heterocycles. The van der Waals surface area contributed by atoms with E-state index in [9.17, 15) is 4.79 Å². The van der Waals surface area contributed by atoms with E-state index in [0.29, 0.717) is 19.8 Å². The summed E-state index contributed by atoms with van der Waals surface area (Å²) in [5, 5.41) is 0. The zero-order chi connectivity index (χ0) is 10.1. The second-order valence-electron chi connectivity index (χ2n) is 3.56. The Kier molecular flexibility index (Phi) is 2.37. The van der Waals surface area contributed by atoms with Crippen molar-refractivity contribution in [2.24, 2.45) is 0 Å². The summed E-state index contributed by atoms with van der Waals surface area (Å²) in [4.78, 5) is 16.3. The van der Waals surface area contributed by atoms with E-state index in [1.54, 1.807) is 4.57 Å². The third-order valence-corrected chi connectivity index (χ3v) is 2.65. The van der Waals surface area contributed by atoms with E-state index in [1.165, 1.54) is 0 Å². The Morgan fingerprint density at radius 3 is 2.93 bits per heavy atom. The van der Waals surface area contributed by atoms with Gasteiger partial charge in [-0.15, -0.1) is 0 Å². The summed E-state index contributed by atoms with van der Waals surface area (Å²) < 4.78 is 7.04. The number of fused-ring (bicyclic) bond motifs is 1. The van der Waals surface area contributed by atoms with Crippen LogP contribution in [0.1, 0.15) is 17.1 Å². The molecule has 1 aromatic heterocycles. The molecule has 4 heteroatoms. The summed E-state index contributed by atoms with van der Waals surface area (Å²) in [5.41, 5.74) is 1.66. The first-order chi connectivity index (χ1) is 6.70. The molecule has 1 aromatic rings. The molecule has 0 N–H and O–H groups in total. The van der Waals surface area contributed by atoms with Crippen LogP contribution in [-0.2, 0) is 17.7 Å². The second kappa shape index (κ2) is 3.53. The molecule has 0 saturated carbocycles. The van der Waals surface area contributed by atoms with Gasteiger partial charge in [-0.2, -0.15) is 0 Å². The van der Waals surface area contributed by atoms with E-state index < -0.39 is 0 Å². The molecular formula is C10H14N2O2. The number of ether oxygens (including phenoxy) is 1. The Hall–Kier alpha value is -1.16. The van der Waals surface area contributed by atoms with Crippen LogP contribution in [0.5, 0.6) is 0 Å². The van der Waals surface area contributed by atoms with E-state index in [-0.39, 0.29) is 5.56 Å². The van der Waals surface area contributed by atoms with Crippen molar-refractivity contribution in [3.05, 3.63) is 27.4 Å². The van der Waals surface area contributed by atoms with Crippen LogP contribution in [0.3, 0.4) is 0 Å². The number of aromatic nitrogens is 2. The quantitative estimate of drug-likeness (QED) is 0.601. The van der Waals surface area contributed by atoms with Gasteiger partial charge in [0, 0.05) is 17.7 Å². The minimum absolute atomic E-state index is 0.0815. The zero-order valence-electron chi connectivity index (χ0n) is 8.54. The van der Waals surface area contributed by atoms with E-state index in [2.05, 4.69) is 4.98 Å². The maximum atomic E-state index is 11.9. The molecule has 0 aromatic carbocycles. The number of hydrogen-bond acceptors (Lipinski definition) is 3. The predicted molar refractivity (Wildman–Crippen MR) is 52.5 cm³/mol. The first-order valence-electron chi connectivity index (χ1n) is 4.85. The molecule has 1 aliphatic rings. The fourth-order valence-electron chi connectivity index (χ4n) is 1.66. The summed E-state index contributed by atoms with van der Waals surface area (Å²) in [6, 6.07) is 0. The predicted octanol–water partition coefficient (Wildman–Crippen LogP) is 0.433. The number of nitrogens with zero attached hydrogens (tertiary/aromatic N) is 2. The van der Waals surface area contributed by atoms with Gasteiger partial charge in [-0.1, -0.05) is 0 Å². The van der Waals surface area contributed by atoms with E-state index >= 15 is 0 Å². The fourth-order valence-corrected chi connectivity index (χ4v) is 1.66. The minimum atomic E-state index is 0.0815. The maximum Gasteiger partial charge on any atom is 0.256 e. The third kappa shape index (κ3) is 1.46. The molecular weight excluding hydrogens is 180 g/mol. The molecule has 0 bridgehead atoms. The Bertz CT molecular complexity index is 409. The lowest BCUT2D eigenvalue weighted by molar-refractivity contribution is 0.140. The highest BCUT2D eigenvalue weighted by Crippen LogP contribution is 2.04. The monoisotopic (exact) mass is 194 g/mol. The van der Waals surface area contributed by atoms with Crippen molar-refractivity contribution in [3.63, 3.8) is 0 Å². The van der Waals surface area contributed by atoms with Gasteiger partial charge in [0.25, 0.3) is 5.56 Å². The van der Waals surface area contributed by atoms with Gasteiger partial charge in [-0.25, -0.2) is 4.98 Å². The van der Waals surface area contributed by atoms with Crippen LogP contribution < -0.4 is 5.56 Å².